The predicted molar refractivity (Wildman–Crippen MR) is 86.4 cm³/mol. The molecule has 0 heterocycles. The van der Waals surface area contributed by atoms with E-state index < -0.39 is 0 Å². The monoisotopic (exact) mass is 322 g/mol. The minimum atomic E-state index is -0.103. The Hall–Kier alpha value is -1.41. The first-order valence-electron chi connectivity index (χ1n) is 7.77. The van der Waals surface area contributed by atoms with Gasteiger partial charge >= 0.3 is 0 Å². The second-order valence-electron chi connectivity index (χ2n) is 5.69. The molecular weight excluding hydrogens is 299 g/mol. The van der Waals surface area contributed by atoms with Crippen LogP contribution in [-0.4, -0.2) is 26.2 Å². The molecule has 1 aromatic rings. The second-order valence-corrected chi connectivity index (χ2v) is 6.40. The first-order chi connectivity index (χ1) is 10.7. The van der Waals surface area contributed by atoms with Crippen LogP contribution in [0.15, 0.2) is 18.2 Å². The fourth-order valence-corrected chi connectivity index (χ4v) is 3.80. The maximum atomic E-state index is 13.1. The Morgan fingerprint density at radius 2 is 1.82 bits per heavy atom. The third-order valence-corrected chi connectivity index (χ3v) is 4.95. The lowest BCUT2D eigenvalue weighted by Gasteiger charge is -2.23. The maximum absolute atomic E-state index is 13.1. The number of rotatable bonds is 8. The molecule has 0 aliphatic heterocycles. The van der Waals surface area contributed by atoms with Gasteiger partial charge < -0.3 is 9.47 Å². The summed E-state index contributed by atoms with van der Waals surface area (Å²) in [5, 5.41) is 0. The van der Waals surface area contributed by atoms with Gasteiger partial charge in [-0.2, -0.15) is 0 Å². The van der Waals surface area contributed by atoms with Crippen molar-refractivity contribution in [3.63, 3.8) is 0 Å². The van der Waals surface area contributed by atoms with Crippen molar-refractivity contribution in [3.05, 3.63) is 23.8 Å². The summed E-state index contributed by atoms with van der Waals surface area (Å²) in [7, 11) is 3.23. The molecule has 1 aliphatic carbocycles. The van der Waals surface area contributed by atoms with Crippen molar-refractivity contribution in [2.24, 2.45) is 11.8 Å². The Bertz CT molecular complexity index is 501. The van der Waals surface area contributed by atoms with E-state index in [-0.39, 0.29) is 20.2 Å². The summed E-state index contributed by atoms with van der Waals surface area (Å²) in [6.07, 6.45) is 5.66. The molecule has 0 amide bonds. The quantitative estimate of drug-likeness (QED) is 0.526. The predicted octanol–water partition coefficient (Wildman–Crippen LogP) is 4.37. The van der Waals surface area contributed by atoms with Crippen LogP contribution in [0.5, 0.6) is 11.5 Å². The summed E-state index contributed by atoms with van der Waals surface area (Å²) in [5.41, 5.74) is 0.520. The van der Waals surface area contributed by atoms with Gasteiger partial charge in [0.05, 0.1) is 14.2 Å². The van der Waals surface area contributed by atoms with Gasteiger partial charge in [-0.15, -0.1) is 0 Å². The lowest BCUT2D eigenvalue weighted by atomic mass is 9.82. The van der Waals surface area contributed by atoms with Gasteiger partial charge in [0, 0.05) is 12.1 Å². The fraction of sp³-hybridized carbons (Fsp3) is 0.588. The zero-order chi connectivity index (χ0) is 15.9. The van der Waals surface area contributed by atoms with Gasteiger partial charge in [-0.05, 0) is 37.3 Å². The van der Waals surface area contributed by atoms with Crippen LogP contribution < -0.4 is 9.47 Å². The van der Waals surface area contributed by atoms with Crippen molar-refractivity contribution in [1.29, 1.82) is 0 Å². The van der Waals surface area contributed by atoms with Crippen molar-refractivity contribution >= 4 is 14.2 Å². The molecule has 0 radical (unpaired) electrons. The topological polar surface area (TPSA) is 52.6 Å². The average Bonchev–Trinajstić information content (AvgIpc) is 3.08. The number of hydrogen-bond donors (Lipinski definition) is 0. The highest BCUT2D eigenvalue weighted by Crippen LogP contribution is 2.39. The van der Waals surface area contributed by atoms with Crippen molar-refractivity contribution in [3.8, 4) is 11.5 Å². The van der Waals surface area contributed by atoms with Crippen molar-refractivity contribution in [2.75, 3.05) is 20.4 Å². The average molecular weight is 322 g/mol. The number of ketones is 1. The number of ether oxygens (including phenoxy) is 2. The van der Waals surface area contributed by atoms with Gasteiger partial charge in [-0.3, -0.25) is 9.36 Å². The minimum absolute atomic E-state index is 0.0600. The van der Waals surface area contributed by atoms with Gasteiger partial charge in [0.2, 0.25) is 0 Å². The molecule has 5 heteroatoms. The van der Waals surface area contributed by atoms with Crippen LogP contribution in [0.1, 0.15) is 42.5 Å². The number of Topliss-reactive ketones (excluding diaryl/α,β-unsaturated/α-hetero) is 1. The van der Waals surface area contributed by atoms with E-state index in [1.807, 2.05) is 6.07 Å². The highest BCUT2D eigenvalue weighted by molar-refractivity contribution is 7.23. The maximum Gasteiger partial charge on any atom is 0.173 e. The number of hydrogen-bond acceptors (Lipinski definition) is 4. The van der Waals surface area contributed by atoms with E-state index in [1.54, 1.807) is 26.4 Å². The highest BCUT2D eigenvalue weighted by atomic mass is 31.1. The van der Waals surface area contributed by atoms with E-state index in [4.69, 9.17) is 9.47 Å². The Labute approximate surface area is 133 Å². The molecule has 1 fully saturated rings. The van der Waals surface area contributed by atoms with E-state index in [9.17, 15) is 9.36 Å². The number of benzene rings is 1. The Kier molecular flexibility index (Phi) is 6.38. The molecule has 0 N–H and O–H groups in total. The molecule has 0 aromatic heterocycles. The molecule has 1 unspecified atom stereocenters. The normalized spacial score (nSPS) is 16.6. The van der Waals surface area contributed by atoms with E-state index in [2.05, 4.69) is 0 Å². The lowest BCUT2D eigenvalue weighted by Crippen LogP contribution is -2.24. The Morgan fingerprint density at radius 1 is 1.23 bits per heavy atom. The van der Waals surface area contributed by atoms with Crippen LogP contribution in [0.3, 0.4) is 0 Å². The third-order valence-electron chi connectivity index (χ3n) is 4.51. The van der Waals surface area contributed by atoms with Crippen molar-refractivity contribution in [2.45, 2.75) is 32.1 Å². The van der Waals surface area contributed by atoms with Crippen LogP contribution in [0.2, 0.25) is 0 Å². The Morgan fingerprint density at radius 3 is 2.32 bits per heavy atom. The molecule has 0 bridgehead atoms. The Balaban J connectivity index is 2.34. The molecule has 1 aliphatic rings. The molecule has 1 saturated carbocycles. The zero-order valence-electron chi connectivity index (χ0n) is 13.2. The van der Waals surface area contributed by atoms with Gasteiger partial charge in [0.15, 0.2) is 14.2 Å². The molecule has 22 heavy (non-hydrogen) atoms. The fourth-order valence-electron chi connectivity index (χ4n) is 3.41. The van der Waals surface area contributed by atoms with Crippen molar-refractivity contribution < 1.29 is 18.8 Å². The summed E-state index contributed by atoms with van der Waals surface area (Å²) in [6.45, 7) is 0. The molecule has 120 valence electrons. The van der Waals surface area contributed by atoms with Crippen LogP contribution in [0.25, 0.3) is 0 Å². The molecule has 0 saturated heterocycles. The number of methoxy groups -OCH3 is 2. The zero-order valence-corrected chi connectivity index (χ0v) is 14.1. The van der Waals surface area contributed by atoms with Gasteiger partial charge in [-0.1, -0.05) is 18.9 Å². The smallest absolute Gasteiger partial charge is 0.173 e. The molecular formula is C17H23O4P. The summed E-state index contributed by atoms with van der Waals surface area (Å²) in [5.74, 6) is 1.43. The van der Waals surface area contributed by atoms with Crippen LogP contribution in [0, 0.1) is 11.8 Å². The summed E-state index contributed by atoms with van der Waals surface area (Å²) in [6, 6.07) is 5.38. The van der Waals surface area contributed by atoms with E-state index >= 15 is 0 Å². The number of carbonyl (C=O) groups is 1. The first kappa shape index (κ1) is 17.0. The van der Waals surface area contributed by atoms with Gasteiger partial charge in [-0.25, -0.2) is 0 Å². The first-order valence-corrected chi connectivity index (χ1v) is 8.77. The summed E-state index contributed by atoms with van der Waals surface area (Å²) >= 11 is 0. The van der Waals surface area contributed by atoms with Crippen LogP contribution in [0.4, 0.5) is 0 Å². The minimum Gasteiger partial charge on any atom is -0.496 e. The standard InChI is InChI=1S/C17H23O4P/c1-20-14-8-5-9-15(21-2)16(14)17(18)13(10-11-22-19)12-6-3-4-7-12/h5,8-9,12-13H,3-4,6-7,10-11H2,1-2H3. The molecule has 2 rings (SSSR count). The summed E-state index contributed by atoms with van der Waals surface area (Å²) in [4.78, 5) is 13.1. The molecule has 4 nitrogen and oxygen atoms in total. The number of carbonyl (C=O) groups excluding carboxylic acids is 1. The van der Waals surface area contributed by atoms with E-state index in [0.717, 1.165) is 12.8 Å². The van der Waals surface area contributed by atoms with Crippen LogP contribution >= 0.6 is 8.46 Å². The SMILES string of the molecule is COc1cccc(OC)c1C(=O)C(CCP=O)C1CCCC1. The molecule has 0 spiro atoms. The highest BCUT2D eigenvalue weighted by Gasteiger charge is 2.33. The lowest BCUT2D eigenvalue weighted by molar-refractivity contribution is 0.0863. The second kappa shape index (κ2) is 8.28. The van der Waals surface area contributed by atoms with Crippen molar-refractivity contribution in [1.82, 2.24) is 0 Å². The molecule has 1 atom stereocenters. The van der Waals surface area contributed by atoms with E-state index in [0.29, 0.717) is 35.6 Å². The molecule has 1 aromatic carbocycles. The largest absolute Gasteiger partial charge is 0.496 e. The third kappa shape index (κ3) is 3.67. The van der Waals surface area contributed by atoms with Crippen LogP contribution in [-0.2, 0) is 4.57 Å². The van der Waals surface area contributed by atoms with Gasteiger partial charge in [0.25, 0.3) is 0 Å². The van der Waals surface area contributed by atoms with E-state index in [1.165, 1.54) is 12.8 Å². The van der Waals surface area contributed by atoms with Gasteiger partial charge in [0.1, 0.15) is 17.1 Å². The summed E-state index contributed by atoms with van der Waals surface area (Å²) < 4.78 is 21.6.